The summed E-state index contributed by atoms with van der Waals surface area (Å²) in [4.78, 5) is 2.44. The summed E-state index contributed by atoms with van der Waals surface area (Å²) < 4.78 is 0. The van der Waals surface area contributed by atoms with E-state index in [9.17, 15) is 0 Å². The maximum absolute atomic E-state index is 6.19. The van der Waals surface area contributed by atoms with Crippen LogP contribution in [0.3, 0.4) is 0 Å². The van der Waals surface area contributed by atoms with Crippen molar-refractivity contribution in [1.82, 2.24) is 0 Å². The Labute approximate surface area is 106 Å². The fourth-order valence-corrected chi connectivity index (χ4v) is 2.11. The monoisotopic (exact) mass is 234 g/mol. The molecule has 0 aliphatic rings. The van der Waals surface area contributed by atoms with Crippen LogP contribution in [0.25, 0.3) is 0 Å². The van der Waals surface area contributed by atoms with Crippen molar-refractivity contribution in [3.63, 3.8) is 0 Å². The number of hydrogen-bond acceptors (Lipinski definition) is 2. The van der Waals surface area contributed by atoms with Crippen LogP contribution in [0.4, 0.5) is 5.69 Å². The molecule has 0 unspecified atom stereocenters. The number of nitrogens with two attached hydrogens (primary N) is 1. The summed E-state index contributed by atoms with van der Waals surface area (Å²) in [5, 5.41) is 0. The molecule has 0 saturated carbocycles. The summed E-state index contributed by atoms with van der Waals surface area (Å²) in [6.07, 6.45) is 3.46. The van der Waals surface area contributed by atoms with E-state index in [2.05, 4.69) is 49.9 Å². The zero-order valence-corrected chi connectivity index (χ0v) is 11.4. The molecule has 0 aliphatic heterocycles. The van der Waals surface area contributed by atoms with Crippen molar-refractivity contribution in [2.45, 2.75) is 46.1 Å². The van der Waals surface area contributed by atoms with Gasteiger partial charge in [0, 0.05) is 24.8 Å². The Balaban J connectivity index is 2.93. The quantitative estimate of drug-likeness (QED) is 0.779. The summed E-state index contributed by atoms with van der Waals surface area (Å²) in [6.45, 7) is 8.76. The first kappa shape index (κ1) is 14.0. The van der Waals surface area contributed by atoms with Crippen molar-refractivity contribution < 1.29 is 0 Å². The van der Waals surface area contributed by atoms with Gasteiger partial charge in [0.25, 0.3) is 0 Å². The molecule has 0 heterocycles. The summed E-state index contributed by atoms with van der Waals surface area (Å²) >= 11 is 0. The second-order valence-corrected chi connectivity index (χ2v) is 4.51. The lowest BCUT2D eigenvalue weighted by molar-refractivity contribution is 0.681. The van der Waals surface area contributed by atoms with Crippen LogP contribution in [0.15, 0.2) is 24.3 Å². The van der Waals surface area contributed by atoms with Crippen molar-refractivity contribution in [2.24, 2.45) is 5.73 Å². The smallest absolute Gasteiger partial charge is 0.0414 e. The third-order valence-corrected chi connectivity index (χ3v) is 3.28. The molecule has 0 fully saturated rings. The summed E-state index contributed by atoms with van der Waals surface area (Å²) in [6, 6.07) is 8.71. The predicted octanol–water partition coefficient (Wildman–Crippen LogP) is 3.72. The Morgan fingerprint density at radius 3 is 2.47 bits per heavy atom. The van der Waals surface area contributed by atoms with Crippen molar-refractivity contribution in [1.29, 1.82) is 0 Å². The number of para-hydroxylation sites is 1. The second-order valence-electron chi connectivity index (χ2n) is 4.51. The molecule has 1 rings (SSSR count). The van der Waals surface area contributed by atoms with Gasteiger partial charge in [-0.05, 0) is 31.4 Å². The molecule has 0 saturated heterocycles. The lowest BCUT2D eigenvalue weighted by Gasteiger charge is -2.27. The fraction of sp³-hybridized carbons (Fsp3) is 0.600. The summed E-state index contributed by atoms with van der Waals surface area (Å²) in [5.74, 6) is 0. The van der Waals surface area contributed by atoms with E-state index >= 15 is 0 Å². The molecule has 0 spiro atoms. The first-order valence-corrected chi connectivity index (χ1v) is 6.83. The number of hydrogen-bond donors (Lipinski definition) is 1. The first-order chi connectivity index (χ1) is 8.24. The molecule has 0 aliphatic carbocycles. The molecule has 0 radical (unpaired) electrons. The van der Waals surface area contributed by atoms with Gasteiger partial charge in [0.05, 0.1) is 0 Å². The first-order valence-electron chi connectivity index (χ1n) is 6.83. The van der Waals surface area contributed by atoms with Gasteiger partial charge in [-0.25, -0.2) is 0 Å². The van der Waals surface area contributed by atoms with Crippen LogP contribution < -0.4 is 10.6 Å². The molecule has 2 nitrogen and oxygen atoms in total. The van der Waals surface area contributed by atoms with E-state index in [1.165, 1.54) is 24.1 Å². The van der Waals surface area contributed by atoms with Crippen LogP contribution in [0.1, 0.15) is 51.6 Å². The third kappa shape index (κ3) is 3.74. The van der Waals surface area contributed by atoms with Gasteiger partial charge in [-0.1, -0.05) is 38.5 Å². The number of anilines is 1. The second kappa shape index (κ2) is 7.33. The highest BCUT2D eigenvalue weighted by atomic mass is 15.1. The van der Waals surface area contributed by atoms with E-state index in [4.69, 9.17) is 5.73 Å². The van der Waals surface area contributed by atoms with Crippen LogP contribution in [0.5, 0.6) is 0 Å². The average molecular weight is 234 g/mol. The molecule has 1 aromatic carbocycles. The van der Waals surface area contributed by atoms with Gasteiger partial charge in [-0.15, -0.1) is 0 Å². The molecular formula is C15H26N2. The van der Waals surface area contributed by atoms with E-state index < -0.39 is 0 Å². The Morgan fingerprint density at radius 1 is 1.18 bits per heavy atom. The highest BCUT2D eigenvalue weighted by molar-refractivity contribution is 5.54. The molecule has 1 aromatic rings. The zero-order chi connectivity index (χ0) is 12.7. The van der Waals surface area contributed by atoms with E-state index in [1.807, 2.05) is 0 Å². The maximum atomic E-state index is 6.19. The molecule has 2 heteroatoms. The van der Waals surface area contributed by atoms with Crippen molar-refractivity contribution in [3.05, 3.63) is 29.8 Å². The van der Waals surface area contributed by atoms with E-state index in [0.29, 0.717) is 0 Å². The van der Waals surface area contributed by atoms with Gasteiger partial charge in [0.1, 0.15) is 0 Å². The number of rotatable bonds is 7. The Morgan fingerprint density at radius 2 is 1.88 bits per heavy atom. The maximum Gasteiger partial charge on any atom is 0.0414 e. The number of benzene rings is 1. The minimum absolute atomic E-state index is 0.155. The molecule has 0 aromatic heterocycles. The minimum atomic E-state index is 0.155. The molecule has 96 valence electrons. The Hall–Kier alpha value is -1.02. The highest BCUT2D eigenvalue weighted by Crippen LogP contribution is 2.26. The van der Waals surface area contributed by atoms with Gasteiger partial charge in [-0.2, -0.15) is 0 Å². The van der Waals surface area contributed by atoms with Crippen LogP contribution in [-0.2, 0) is 0 Å². The molecule has 17 heavy (non-hydrogen) atoms. The van der Waals surface area contributed by atoms with Crippen LogP contribution in [0, 0.1) is 0 Å². The lowest BCUT2D eigenvalue weighted by Crippen LogP contribution is -2.26. The molecule has 0 amide bonds. The summed E-state index contributed by atoms with van der Waals surface area (Å²) in [7, 11) is 0. The average Bonchev–Trinajstić information content (AvgIpc) is 2.39. The number of unbranched alkanes of at least 4 members (excludes halogenated alkanes) is 1. The standard InChI is InChI=1S/C15H26N2/c1-4-7-12-17(6-3)15-11-9-8-10-13(15)14(16)5-2/h8-11,14H,4-7,12,16H2,1-3H3/t14-/m0/s1. The van der Waals surface area contributed by atoms with Gasteiger partial charge in [0.15, 0.2) is 0 Å². The minimum Gasteiger partial charge on any atom is -0.372 e. The molecule has 2 N–H and O–H groups in total. The third-order valence-electron chi connectivity index (χ3n) is 3.28. The lowest BCUT2D eigenvalue weighted by atomic mass is 10.0. The molecule has 1 atom stereocenters. The Bertz CT molecular complexity index is 322. The normalized spacial score (nSPS) is 12.5. The van der Waals surface area contributed by atoms with E-state index in [1.54, 1.807) is 0 Å². The van der Waals surface area contributed by atoms with Crippen LogP contribution in [0.2, 0.25) is 0 Å². The SMILES string of the molecule is CCCCN(CC)c1ccccc1[C@@H](N)CC. The highest BCUT2D eigenvalue weighted by Gasteiger charge is 2.12. The van der Waals surface area contributed by atoms with Crippen molar-refractivity contribution >= 4 is 5.69 Å². The van der Waals surface area contributed by atoms with Crippen LogP contribution >= 0.6 is 0 Å². The van der Waals surface area contributed by atoms with Gasteiger partial charge < -0.3 is 10.6 Å². The van der Waals surface area contributed by atoms with E-state index in [0.717, 1.165) is 19.5 Å². The Kier molecular flexibility index (Phi) is 6.06. The topological polar surface area (TPSA) is 29.3 Å². The van der Waals surface area contributed by atoms with Crippen LogP contribution in [-0.4, -0.2) is 13.1 Å². The van der Waals surface area contributed by atoms with Gasteiger partial charge >= 0.3 is 0 Å². The van der Waals surface area contributed by atoms with E-state index in [-0.39, 0.29) is 6.04 Å². The summed E-state index contributed by atoms with van der Waals surface area (Å²) in [5.41, 5.74) is 8.79. The zero-order valence-electron chi connectivity index (χ0n) is 11.4. The largest absolute Gasteiger partial charge is 0.372 e. The van der Waals surface area contributed by atoms with Crippen molar-refractivity contribution in [2.75, 3.05) is 18.0 Å². The molecular weight excluding hydrogens is 208 g/mol. The number of nitrogens with zero attached hydrogens (tertiary/aromatic N) is 1. The molecule has 0 bridgehead atoms. The fourth-order valence-electron chi connectivity index (χ4n) is 2.11. The van der Waals surface area contributed by atoms with Gasteiger partial charge in [-0.3, -0.25) is 0 Å². The predicted molar refractivity (Wildman–Crippen MR) is 76.5 cm³/mol. The van der Waals surface area contributed by atoms with Gasteiger partial charge in [0.2, 0.25) is 0 Å². The van der Waals surface area contributed by atoms with Crippen molar-refractivity contribution in [3.8, 4) is 0 Å².